The number of aliphatic hydroxyl groups is 2. The molecule has 0 aliphatic heterocycles. The molecule has 3 heterocycles. The van der Waals surface area contributed by atoms with E-state index in [4.69, 9.17) is 10.7 Å². The first-order valence-electron chi connectivity index (χ1n) is 11.9. The van der Waals surface area contributed by atoms with Crippen LogP contribution in [-0.4, -0.2) is 59.8 Å². The smallest absolute Gasteiger partial charge is 0.226 e. The van der Waals surface area contributed by atoms with Crippen molar-refractivity contribution in [2.24, 2.45) is 5.92 Å². The lowest BCUT2D eigenvalue weighted by atomic mass is 10.0. The third-order valence-electron chi connectivity index (χ3n) is 6.46. The molecule has 0 spiro atoms. The van der Waals surface area contributed by atoms with Gasteiger partial charge >= 0.3 is 0 Å². The van der Waals surface area contributed by atoms with Gasteiger partial charge in [-0.1, -0.05) is 0 Å². The molecule has 3 aromatic heterocycles. The summed E-state index contributed by atoms with van der Waals surface area (Å²) in [4.78, 5) is 31.0. The Labute approximate surface area is 207 Å². The number of pyridine rings is 1. The highest BCUT2D eigenvalue weighted by atomic mass is 32.1. The Morgan fingerprint density at radius 3 is 2.60 bits per heavy atom. The van der Waals surface area contributed by atoms with Crippen molar-refractivity contribution in [3.05, 3.63) is 23.7 Å². The first kappa shape index (κ1) is 23.8. The lowest BCUT2D eigenvalue weighted by molar-refractivity contribution is -0.130. The van der Waals surface area contributed by atoms with E-state index in [0.29, 0.717) is 23.0 Å². The molecule has 0 saturated heterocycles. The second-order valence-electron chi connectivity index (χ2n) is 10.5. The Bertz CT molecular complexity index is 1280. The van der Waals surface area contributed by atoms with Gasteiger partial charge in [0.15, 0.2) is 0 Å². The number of carbonyl (C=O) groups excluding carboxylic acids is 1. The predicted molar refractivity (Wildman–Crippen MR) is 135 cm³/mol. The fourth-order valence-corrected chi connectivity index (χ4v) is 5.73. The summed E-state index contributed by atoms with van der Waals surface area (Å²) in [6.45, 7) is 7.46. The standard InChI is InChI=1S/C24H31N7O3S/c1-10-15(22-29-17-14(35-22)7-8-26-16(17)11-5-6-11)20(30-23(25)27-10)28-13-9-12(18(32)19(13)33)21(34)31-24(2,3)4/h7-8,11-13,18-19,32-33H,5-6,9H2,1-4H3,(H,31,34)(H3,25,27,28,30)/t12-,13+,18+,19-/m0/s1. The molecule has 35 heavy (non-hydrogen) atoms. The molecule has 2 aliphatic carbocycles. The zero-order valence-corrected chi connectivity index (χ0v) is 21.1. The number of aromatic nitrogens is 4. The monoisotopic (exact) mass is 497 g/mol. The molecular weight excluding hydrogens is 466 g/mol. The molecule has 1 amide bonds. The van der Waals surface area contributed by atoms with E-state index < -0.39 is 29.7 Å². The van der Waals surface area contributed by atoms with Gasteiger partial charge in [-0.3, -0.25) is 9.78 Å². The lowest BCUT2D eigenvalue weighted by Gasteiger charge is -2.24. The number of aryl methyl sites for hydroxylation is 1. The van der Waals surface area contributed by atoms with E-state index in [2.05, 4.69) is 25.6 Å². The molecule has 4 atom stereocenters. The van der Waals surface area contributed by atoms with E-state index in [0.717, 1.165) is 33.8 Å². The largest absolute Gasteiger partial charge is 0.390 e. The van der Waals surface area contributed by atoms with E-state index >= 15 is 0 Å². The Morgan fingerprint density at radius 2 is 1.91 bits per heavy atom. The summed E-state index contributed by atoms with van der Waals surface area (Å²) in [6.07, 6.45) is 1.96. The number of nitrogens with zero attached hydrogens (tertiary/aromatic N) is 4. The second kappa shape index (κ2) is 8.65. The van der Waals surface area contributed by atoms with Crippen molar-refractivity contribution in [1.82, 2.24) is 25.3 Å². The lowest BCUT2D eigenvalue weighted by Crippen LogP contribution is -2.46. The van der Waals surface area contributed by atoms with E-state index in [1.165, 1.54) is 11.3 Å². The number of amides is 1. The quantitative estimate of drug-likeness (QED) is 0.356. The molecule has 11 heteroatoms. The van der Waals surface area contributed by atoms with Crippen LogP contribution in [0.15, 0.2) is 12.3 Å². The first-order valence-corrected chi connectivity index (χ1v) is 12.7. The average Bonchev–Trinajstić information content (AvgIpc) is 3.45. The van der Waals surface area contributed by atoms with Crippen molar-refractivity contribution in [2.45, 2.75) is 76.7 Å². The Kier molecular flexibility index (Phi) is 5.89. The van der Waals surface area contributed by atoms with Gasteiger partial charge in [0.1, 0.15) is 22.4 Å². The third kappa shape index (κ3) is 4.67. The highest BCUT2D eigenvalue weighted by Gasteiger charge is 2.46. The Hall–Kier alpha value is -2.89. The van der Waals surface area contributed by atoms with Gasteiger partial charge in [0.25, 0.3) is 0 Å². The van der Waals surface area contributed by atoms with Gasteiger partial charge in [0.2, 0.25) is 11.9 Å². The number of thiazole rings is 1. The van der Waals surface area contributed by atoms with Gasteiger partial charge in [-0.25, -0.2) is 9.97 Å². The molecule has 2 fully saturated rings. The van der Waals surface area contributed by atoms with Crippen LogP contribution in [0.2, 0.25) is 0 Å². The maximum Gasteiger partial charge on any atom is 0.226 e. The van der Waals surface area contributed by atoms with Crippen molar-refractivity contribution in [2.75, 3.05) is 11.1 Å². The highest BCUT2D eigenvalue weighted by molar-refractivity contribution is 7.21. The molecular formula is C24H31N7O3S. The second-order valence-corrected chi connectivity index (χ2v) is 11.6. The van der Waals surface area contributed by atoms with Gasteiger partial charge in [-0.15, -0.1) is 11.3 Å². The van der Waals surface area contributed by atoms with E-state index in [1.54, 1.807) is 0 Å². The Balaban J connectivity index is 1.47. The fraction of sp³-hybridized carbons (Fsp3) is 0.542. The molecule has 2 aliphatic rings. The van der Waals surface area contributed by atoms with Crippen LogP contribution in [-0.2, 0) is 4.79 Å². The number of nitrogens with one attached hydrogen (secondary N) is 2. The van der Waals surface area contributed by atoms with Gasteiger partial charge < -0.3 is 26.6 Å². The van der Waals surface area contributed by atoms with Crippen LogP contribution < -0.4 is 16.4 Å². The minimum atomic E-state index is -1.20. The molecule has 2 saturated carbocycles. The van der Waals surface area contributed by atoms with Gasteiger partial charge in [-0.2, -0.15) is 4.98 Å². The number of hydrogen-bond donors (Lipinski definition) is 5. The maximum atomic E-state index is 12.7. The number of anilines is 2. The average molecular weight is 498 g/mol. The summed E-state index contributed by atoms with van der Waals surface area (Å²) in [5, 5.41) is 28.3. The number of hydrogen-bond acceptors (Lipinski definition) is 10. The summed E-state index contributed by atoms with van der Waals surface area (Å²) >= 11 is 1.53. The topological polar surface area (TPSA) is 159 Å². The molecule has 5 rings (SSSR count). The van der Waals surface area contributed by atoms with Gasteiger partial charge in [0, 0.05) is 17.7 Å². The van der Waals surface area contributed by atoms with Crippen molar-refractivity contribution < 1.29 is 15.0 Å². The van der Waals surface area contributed by atoms with Crippen molar-refractivity contribution in [3.63, 3.8) is 0 Å². The summed E-state index contributed by atoms with van der Waals surface area (Å²) in [5.74, 6) is -0.0759. The summed E-state index contributed by atoms with van der Waals surface area (Å²) in [7, 11) is 0. The fourth-order valence-electron chi connectivity index (χ4n) is 4.67. The van der Waals surface area contributed by atoms with Crippen molar-refractivity contribution in [3.8, 4) is 10.6 Å². The molecule has 0 unspecified atom stereocenters. The molecule has 6 N–H and O–H groups in total. The van der Waals surface area contributed by atoms with Crippen molar-refractivity contribution >= 4 is 39.2 Å². The summed E-state index contributed by atoms with van der Waals surface area (Å²) < 4.78 is 1.04. The van der Waals surface area contributed by atoms with Crippen molar-refractivity contribution in [1.29, 1.82) is 0 Å². The van der Waals surface area contributed by atoms with Crippen LogP contribution in [0.4, 0.5) is 11.8 Å². The molecule has 0 aromatic carbocycles. The minimum Gasteiger partial charge on any atom is -0.390 e. The summed E-state index contributed by atoms with van der Waals surface area (Å²) in [5.41, 5.74) is 8.78. The number of carbonyl (C=O) groups is 1. The van der Waals surface area contributed by atoms with Crippen LogP contribution >= 0.6 is 11.3 Å². The van der Waals surface area contributed by atoms with E-state index in [9.17, 15) is 15.0 Å². The SMILES string of the molecule is Cc1nc(N)nc(N[C@@H]2C[C@H](C(=O)NC(C)(C)C)[C@@H](O)[C@H]2O)c1-c1nc2c(C3CC3)nccc2s1. The molecule has 10 nitrogen and oxygen atoms in total. The zero-order valence-electron chi connectivity index (χ0n) is 20.2. The van der Waals surface area contributed by atoms with Gasteiger partial charge in [-0.05, 0) is 53.0 Å². The van der Waals surface area contributed by atoms with E-state index in [-0.39, 0.29) is 18.3 Å². The highest BCUT2D eigenvalue weighted by Crippen LogP contribution is 2.44. The maximum absolute atomic E-state index is 12.7. The van der Waals surface area contributed by atoms with Crippen LogP contribution in [0.5, 0.6) is 0 Å². The minimum absolute atomic E-state index is 0.0882. The van der Waals surface area contributed by atoms with Crippen LogP contribution in [0.1, 0.15) is 57.3 Å². The number of nitrogens with two attached hydrogens (primary N) is 1. The van der Waals surface area contributed by atoms with Crippen LogP contribution in [0, 0.1) is 12.8 Å². The number of aliphatic hydroxyl groups excluding tert-OH is 2. The predicted octanol–water partition coefficient (Wildman–Crippen LogP) is 2.35. The third-order valence-corrected chi connectivity index (χ3v) is 7.50. The van der Waals surface area contributed by atoms with Gasteiger partial charge in [0.05, 0.1) is 39.7 Å². The molecule has 0 bridgehead atoms. The number of fused-ring (bicyclic) bond motifs is 1. The number of nitrogen functional groups attached to an aromatic ring is 1. The summed E-state index contributed by atoms with van der Waals surface area (Å²) in [6, 6.07) is 1.35. The number of rotatable bonds is 5. The Morgan fingerprint density at radius 1 is 1.17 bits per heavy atom. The zero-order chi connectivity index (χ0) is 25.1. The normalized spacial score (nSPS) is 24.6. The van der Waals surface area contributed by atoms with E-state index in [1.807, 2.05) is 40.0 Å². The van der Waals surface area contributed by atoms with Crippen LogP contribution in [0.3, 0.4) is 0 Å². The van der Waals surface area contributed by atoms with Crippen LogP contribution in [0.25, 0.3) is 20.8 Å². The molecule has 186 valence electrons. The molecule has 3 aromatic rings. The first-order chi connectivity index (χ1) is 16.5. The molecule has 0 radical (unpaired) electrons.